The largest absolute Gasteiger partial charge is 0.454 e. The zero-order chi connectivity index (χ0) is 20.2. The van der Waals surface area contributed by atoms with Crippen LogP contribution in [-0.4, -0.2) is 48.0 Å². The van der Waals surface area contributed by atoms with E-state index < -0.39 is 0 Å². The standard InChI is InChI=1S/C23H26N2O4/c1-2-24(14-18-8-9-20-21(12-18)29-16-28-20)23(27)19-13-22(26)25(15-19)11-10-17-6-4-3-5-7-17/h3-9,12,19H,2,10-11,13-16H2,1H3. The van der Waals surface area contributed by atoms with Crippen molar-refractivity contribution in [2.45, 2.75) is 26.3 Å². The second kappa shape index (κ2) is 8.55. The van der Waals surface area contributed by atoms with Gasteiger partial charge in [0.05, 0.1) is 5.92 Å². The Labute approximate surface area is 171 Å². The molecule has 6 heteroatoms. The first-order valence-electron chi connectivity index (χ1n) is 10.1. The van der Waals surface area contributed by atoms with E-state index in [1.54, 1.807) is 0 Å². The summed E-state index contributed by atoms with van der Waals surface area (Å²) < 4.78 is 10.8. The summed E-state index contributed by atoms with van der Waals surface area (Å²) in [5, 5.41) is 0. The molecule has 1 unspecified atom stereocenters. The van der Waals surface area contributed by atoms with Crippen LogP contribution in [0.2, 0.25) is 0 Å². The summed E-state index contributed by atoms with van der Waals surface area (Å²) in [5.41, 5.74) is 2.20. The summed E-state index contributed by atoms with van der Waals surface area (Å²) in [6, 6.07) is 15.9. The minimum atomic E-state index is -0.271. The Morgan fingerprint density at radius 3 is 2.69 bits per heavy atom. The van der Waals surface area contributed by atoms with Crippen LogP contribution in [0.1, 0.15) is 24.5 Å². The molecule has 0 aromatic heterocycles. The van der Waals surface area contributed by atoms with Crippen molar-refractivity contribution in [2.24, 2.45) is 5.92 Å². The molecule has 2 heterocycles. The Morgan fingerprint density at radius 1 is 1.10 bits per heavy atom. The van der Waals surface area contributed by atoms with E-state index in [-0.39, 0.29) is 24.5 Å². The van der Waals surface area contributed by atoms with E-state index >= 15 is 0 Å². The van der Waals surface area contributed by atoms with Gasteiger partial charge in [0.1, 0.15) is 0 Å². The average molecular weight is 394 g/mol. The lowest BCUT2D eigenvalue weighted by Crippen LogP contribution is -2.37. The molecule has 0 aliphatic carbocycles. The maximum atomic E-state index is 13.1. The molecule has 0 radical (unpaired) electrons. The van der Waals surface area contributed by atoms with E-state index in [2.05, 4.69) is 12.1 Å². The minimum Gasteiger partial charge on any atom is -0.454 e. The number of carbonyl (C=O) groups is 2. The van der Waals surface area contributed by atoms with E-state index in [1.165, 1.54) is 5.56 Å². The monoisotopic (exact) mass is 394 g/mol. The Morgan fingerprint density at radius 2 is 1.90 bits per heavy atom. The third-order valence-electron chi connectivity index (χ3n) is 5.58. The van der Waals surface area contributed by atoms with Gasteiger partial charge < -0.3 is 19.3 Å². The van der Waals surface area contributed by atoms with Gasteiger partial charge in [-0.1, -0.05) is 36.4 Å². The number of fused-ring (bicyclic) bond motifs is 1. The van der Waals surface area contributed by atoms with Crippen molar-refractivity contribution >= 4 is 11.8 Å². The number of hydrogen-bond donors (Lipinski definition) is 0. The van der Waals surface area contributed by atoms with Crippen LogP contribution in [0.5, 0.6) is 11.5 Å². The van der Waals surface area contributed by atoms with Gasteiger partial charge in [0, 0.05) is 32.6 Å². The number of likely N-dealkylation sites (tertiary alicyclic amines) is 1. The summed E-state index contributed by atoms with van der Waals surface area (Å²) >= 11 is 0. The van der Waals surface area contributed by atoms with Gasteiger partial charge in [-0.25, -0.2) is 0 Å². The van der Waals surface area contributed by atoms with Gasteiger partial charge in [0.2, 0.25) is 18.6 Å². The highest BCUT2D eigenvalue weighted by atomic mass is 16.7. The first kappa shape index (κ1) is 19.3. The number of benzene rings is 2. The van der Waals surface area contributed by atoms with Gasteiger partial charge in [-0.15, -0.1) is 0 Å². The molecule has 0 saturated carbocycles. The predicted octanol–water partition coefficient (Wildman–Crippen LogP) is 2.86. The van der Waals surface area contributed by atoms with Crippen molar-refractivity contribution in [1.82, 2.24) is 9.80 Å². The number of nitrogens with zero attached hydrogens (tertiary/aromatic N) is 2. The fourth-order valence-electron chi connectivity index (χ4n) is 3.93. The molecule has 0 spiro atoms. The number of ether oxygens (including phenoxy) is 2. The topological polar surface area (TPSA) is 59.1 Å². The molecule has 1 atom stereocenters. The Kier molecular flexibility index (Phi) is 5.69. The molecule has 29 heavy (non-hydrogen) atoms. The molecule has 1 fully saturated rings. The van der Waals surface area contributed by atoms with Crippen molar-refractivity contribution in [1.29, 1.82) is 0 Å². The number of carbonyl (C=O) groups excluding carboxylic acids is 2. The molecule has 4 rings (SSSR count). The number of hydrogen-bond acceptors (Lipinski definition) is 4. The van der Waals surface area contributed by atoms with E-state index in [4.69, 9.17) is 9.47 Å². The minimum absolute atomic E-state index is 0.0423. The van der Waals surface area contributed by atoms with Gasteiger partial charge in [-0.3, -0.25) is 9.59 Å². The van der Waals surface area contributed by atoms with Crippen LogP contribution in [0.4, 0.5) is 0 Å². The van der Waals surface area contributed by atoms with Crippen molar-refractivity contribution < 1.29 is 19.1 Å². The summed E-state index contributed by atoms with van der Waals surface area (Å²) in [6.07, 6.45) is 1.10. The van der Waals surface area contributed by atoms with Gasteiger partial charge in [-0.2, -0.15) is 0 Å². The fraction of sp³-hybridized carbons (Fsp3) is 0.391. The molecule has 2 aliphatic heterocycles. The SMILES string of the molecule is CCN(Cc1ccc2c(c1)OCO2)C(=O)C1CC(=O)N(CCc2ccccc2)C1. The molecular weight excluding hydrogens is 368 g/mol. The molecule has 2 amide bonds. The molecule has 2 aliphatic rings. The molecule has 6 nitrogen and oxygen atoms in total. The predicted molar refractivity (Wildman–Crippen MR) is 108 cm³/mol. The molecular formula is C23H26N2O4. The van der Waals surface area contributed by atoms with E-state index in [0.29, 0.717) is 38.3 Å². The van der Waals surface area contributed by atoms with Crippen LogP contribution in [0.3, 0.4) is 0 Å². The quantitative estimate of drug-likeness (QED) is 0.725. The summed E-state index contributed by atoms with van der Waals surface area (Å²) in [5.74, 6) is 1.29. The first-order chi connectivity index (χ1) is 14.1. The van der Waals surface area contributed by atoms with Crippen molar-refractivity contribution in [3.63, 3.8) is 0 Å². The van der Waals surface area contributed by atoms with Crippen LogP contribution in [-0.2, 0) is 22.6 Å². The van der Waals surface area contributed by atoms with Gasteiger partial charge in [-0.05, 0) is 36.6 Å². The van der Waals surface area contributed by atoms with Crippen molar-refractivity contribution in [3.05, 3.63) is 59.7 Å². The highest BCUT2D eigenvalue weighted by Crippen LogP contribution is 2.33. The molecule has 2 aromatic carbocycles. The maximum absolute atomic E-state index is 13.1. The maximum Gasteiger partial charge on any atom is 0.231 e. The lowest BCUT2D eigenvalue weighted by Gasteiger charge is -2.24. The third kappa shape index (κ3) is 4.36. The van der Waals surface area contributed by atoms with Crippen molar-refractivity contribution in [3.8, 4) is 11.5 Å². The van der Waals surface area contributed by atoms with E-state index in [1.807, 2.05) is 53.1 Å². The molecule has 0 N–H and O–H groups in total. The van der Waals surface area contributed by atoms with E-state index in [0.717, 1.165) is 17.7 Å². The van der Waals surface area contributed by atoms with Crippen LogP contribution >= 0.6 is 0 Å². The zero-order valence-corrected chi connectivity index (χ0v) is 16.7. The summed E-state index contributed by atoms with van der Waals surface area (Å²) in [4.78, 5) is 29.1. The smallest absolute Gasteiger partial charge is 0.231 e. The Balaban J connectivity index is 1.35. The van der Waals surface area contributed by atoms with Crippen LogP contribution in [0.25, 0.3) is 0 Å². The van der Waals surface area contributed by atoms with Crippen LogP contribution in [0.15, 0.2) is 48.5 Å². The fourth-order valence-corrected chi connectivity index (χ4v) is 3.93. The summed E-state index contributed by atoms with van der Waals surface area (Å²) in [6.45, 7) is 4.46. The molecule has 1 saturated heterocycles. The third-order valence-corrected chi connectivity index (χ3v) is 5.58. The Bertz CT molecular complexity index is 884. The van der Waals surface area contributed by atoms with Gasteiger partial charge >= 0.3 is 0 Å². The highest BCUT2D eigenvalue weighted by molar-refractivity contribution is 5.89. The lowest BCUT2D eigenvalue weighted by molar-refractivity contribution is -0.136. The number of amides is 2. The Hall–Kier alpha value is -3.02. The zero-order valence-electron chi connectivity index (χ0n) is 16.7. The van der Waals surface area contributed by atoms with Crippen LogP contribution < -0.4 is 9.47 Å². The van der Waals surface area contributed by atoms with Gasteiger partial charge in [0.25, 0.3) is 0 Å². The normalized spacial score (nSPS) is 17.6. The second-order valence-electron chi connectivity index (χ2n) is 7.52. The molecule has 2 aromatic rings. The van der Waals surface area contributed by atoms with Gasteiger partial charge in [0.15, 0.2) is 11.5 Å². The lowest BCUT2D eigenvalue weighted by atomic mass is 10.1. The summed E-state index contributed by atoms with van der Waals surface area (Å²) in [7, 11) is 0. The first-order valence-corrected chi connectivity index (χ1v) is 10.1. The second-order valence-corrected chi connectivity index (χ2v) is 7.52. The molecule has 152 valence electrons. The highest BCUT2D eigenvalue weighted by Gasteiger charge is 2.36. The number of rotatable bonds is 7. The van der Waals surface area contributed by atoms with E-state index in [9.17, 15) is 9.59 Å². The molecule has 0 bridgehead atoms. The van der Waals surface area contributed by atoms with Crippen molar-refractivity contribution in [2.75, 3.05) is 26.4 Å². The average Bonchev–Trinajstić information content (AvgIpc) is 3.36. The van der Waals surface area contributed by atoms with Crippen LogP contribution in [0, 0.1) is 5.92 Å².